The fraction of sp³-hybridized carbons (Fsp3) is 0.833. The van der Waals surface area contributed by atoms with E-state index in [9.17, 15) is 20.1 Å². The summed E-state index contributed by atoms with van der Waals surface area (Å²) in [6, 6.07) is 0. The van der Waals surface area contributed by atoms with Gasteiger partial charge in [-0.25, -0.2) is 0 Å². The number of carbonyl (C=O) groups is 1. The number of unbranched alkanes of at least 4 members (excludes halogenated alkanes) is 6. The number of rotatable bonds is 15. The number of carboxylic acid groups (broad SMARTS) is 1. The maximum atomic E-state index is 10.4. The number of carboxylic acids is 1. The summed E-state index contributed by atoms with van der Waals surface area (Å²) in [5, 5.41) is 37.9. The van der Waals surface area contributed by atoms with Crippen LogP contribution in [0.1, 0.15) is 77.6 Å². The van der Waals surface area contributed by atoms with Gasteiger partial charge in [0.15, 0.2) is 0 Å². The monoisotopic (exact) mass is 330 g/mol. The van der Waals surface area contributed by atoms with Gasteiger partial charge in [-0.3, -0.25) is 4.79 Å². The first-order chi connectivity index (χ1) is 11.0. The predicted molar refractivity (Wildman–Crippen MR) is 91.3 cm³/mol. The highest BCUT2D eigenvalue weighted by atomic mass is 16.4. The summed E-state index contributed by atoms with van der Waals surface area (Å²) in [4.78, 5) is 10.4. The van der Waals surface area contributed by atoms with Crippen LogP contribution in [0.4, 0.5) is 0 Å². The van der Waals surface area contributed by atoms with Crippen molar-refractivity contribution in [1.29, 1.82) is 0 Å². The number of aliphatic hydroxyl groups is 3. The van der Waals surface area contributed by atoms with E-state index in [4.69, 9.17) is 5.11 Å². The van der Waals surface area contributed by atoms with E-state index in [-0.39, 0.29) is 6.42 Å². The van der Waals surface area contributed by atoms with Gasteiger partial charge in [0, 0.05) is 6.42 Å². The Morgan fingerprint density at radius 2 is 1.48 bits per heavy atom. The maximum absolute atomic E-state index is 10.4. The molecule has 0 amide bonds. The largest absolute Gasteiger partial charge is 0.481 e. The molecule has 0 rings (SSSR count). The van der Waals surface area contributed by atoms with Gasteiger partial charge in [-0.2, -0.15) is 0 Å². The maximum Gasteiger partial charge on any atom is 0.303 e. The molecule has 4 N–H and O–H groups in total. The summed E-state index contributed by atoms with van der Waals surface area (Å²) in [6.45, 7) is 2.17. The highest BCUT2D eigenvalue weighted by Gasteiger charge is 2.13. The van der Waals surface area contributed by atoms with Crippen molar-refractivity contribution in [3.05, 3.63) is 12.2 Å². The lowest BCUT2D eigenvalue weighted by Crippen LogP contribution is -2.24. The topological polar surface area (TPSA) is 98.0 Å². The van der Waals surface area contributed by atoms with Crippen LogP contribution < -0.4 is 0 Å². The van der Waals surface area contributed by atoms with Crippen LogP contribution in [0.25, 0.3) is 0 Å². The van der Waals surface area contributed by atoms with E-state index in [2.05, 4.69) is 6.92 Å². The smallest absolute Gasteiger partial charge is 0.303 e. The molecule has 1 unspecified atom stereocenters. The van der Waals surface area contributed by atoms with Crippen molar-refractivity contribution >= 4 is 5.97 Å². The van der Waals surface area contributed by atoms with Crippen molar-refractivity contribution in [3.8, 4) is 0 Å². The minimum Gasteiger partial charge on any atom is -0.481 e. The molecule has 0 saturated carbocycles. The number of aliphatic carboxylic acids is 1. The second kappa shape index (κ2) is 14.7. The average molecular weight is 330 g/mol. The summed E-state index contributed by atoms with van der Waals surface area (Å²) in [5.74, 6) is -0.830. The summed E-state index contributed by atoms with van der Waals surface area (Å²) < 4.78 is 0. The van der Waals surface area contributed by atoms with Crippen LogP contribution in [0.5, 0.6) is 0 Å². The summed E-state index contributed by atoms with van der Waals surface area (Å²) in [5.41, 5.74) is 0. The molecule has 136 valence electrons. The van der Waals surface area contributed by atoms with E-state index in [0.717, 1.165) is 12.8 Å². The molecule has 0 radical (unpaired) electrons. The molecule has 0 aromatic carbocycles. The van der Waals surface area contributed by atoms with Gasteiger partial charge >= 0.3 is 5.97 Å². The molecule has 0 aromatic rings. The lowest BCUT2D eigenvalue weighted by molar-refractivity contribution is -0.137. The zero-order valence-corrected chi connectivity index (χ0v) is 14.4. The zero-order chi connectivity index (χ0) is 17.5. The van der Waals surface area contributed by atoms with Crippen LogP contribution in [0.15, 0.2) is 12.2 Å². The Labute approximate surface area is 140 Å². The first-order valence-electron chi connectivity index (χ1n) is 8.91. The molecule has 23 heavy (non-hydrogen) atoms. The van der Waals surface area contributed by atoms with Crippen LogP contribution >= 0.6 is 0 Å². The average Bonchev–Trinajstić information content (AvgIpc) is 2.52. The number of hydrogen-bond acceptors (Lipinski definition) is 4. The molecule has 0 bridgehead atoms. The Bertz CT molecular complexity index is 317. The highest BCUT2D eigenvalue weighted by molar-refractivity contribution is 5.66. The Morgan fingerprint density at radius 1 is 0.870 bits per heavy atom. The molecule has 0 aliphatic carbocycles. The Hall–Kier alpha value is -0.910. The lowest BCUT2D eigenvalue weighted by atomic mass is 10.0. The van der Waals surface area contributed by atoms with E-state index in [1.807, 2.05) is 0 Å². The number of aliphatic hydroxyl groups excluding tert-OH is 3. The van der Waals surface area contributed by atoms with Gasteiger partial charge in [0.25, 0.3) is 0 Å². The Kier molecular flexibility index (Phi) is 14.1. The van der Waals surface area contributed by atoms with E-state index >= 15 is 0 Å². The summed E-state index contributed by atoms with van der Waals surface area (Å²) in [6.07, 6.45) is 9.56. The summed E-state index contributed by atoms with van der Waals surface area (Å²) in [7, 11) is 0. The Balaban J connectivity index is 3.74. The molecule has 5 nitrogen and oxygen atoms in total. The normalized spacial score (nSPS) is 15.7. The second-order valence-corrected chi connectivity index (χ2v) is 6.21. The van der Waals surface area contributed by atoms with Crippen molar-refractivity contribution in [2.24, 2.45) is 0 Å². The predicted octanol–water partition coefficient (Wildman–Crippen LogP) is 3.02. The summed E-state index contributed by atoms with van der Waals surface area (Å²) >= 11 is 0. The van der Waals surface area contributed by atoms with Gasteiger partial charge in [0.1, 0.15) is 0 Å². The van der Waals surface area contributed by atoms with Gasteiger partial charge in [-0.1, -0.05) is 57.6 Å². The molecule has 0 aliphatic heterocycles. The Morgan fingerprint density at radius 3 is 2.13 bits per heavy atom. The molecule has 0 spiro atoms. The van der Waals surface area contributed by atoms with Crippen molar-refractivity contribution in [2.75, 3.05) is 0 Å². The van der Waals surface area contributed by atoms with Crippen molar-refractivity contribution in [1.82, 2.24) is 0 Å². The minimum atomic E-state index is -0.959. The van der Waals surface area contributed by atoms with Crippen LogP contribution in [0.2, 0.25) is 0 Å². The third-order valence-electron chi connectivity index (χ3n) is 3.92. The van der Waals surface area contributed by atoms with Gasteiger partial charge < -0.3 is 20.4 Å². The molecular formula is C18H34O5. The molecule has 3 atom stereocenters. The number of hydrogen-bond donors (Lipinski definition) is 4. The van der Waals surface area contributed by atoms with Crippen LogP contribution in [0.3, 0.4) is 0 Å². The van der Waals surface area contributed by atoms with E-state index in [0.29, 0.717) is 25.7 Å². The molecule has 5 heteroatoms. The molecule has 0 aliphatic rings. The lowest BCUT2D eigenvalue weighted by Gasteiger charge is -2.15. The third-order valence-corrected chi connectivity index (χ3v) is 3.92. The second-order valence-electron chi connectivity index (χ2n) is 6.21. The quantitative estimate of drug-likeness (QED) is 0.273. The van der Waals surface area contributed by atoms with Crippen LogP contribution in [0, 0.1) is 0 Å². The molecule has 0 fully saturated rings. The van der Waals surface area contributed by atoms with E-state index in [1.165, 1.54) is 37.8 Å². The van der Waals surface area contributed by atoms with Gasteiger partial charge in [-0.15, -0.1) is 0 Å². The minimum absolute atomic E-state index is 0.107. The first kappa shape index (κ1) is 22.1. The SMILES string of the molecule is CCCCCCCC[C@H](O)[C@H](O)/C=C/C(O)CCCCC(=O)O. The van der Waals surface area contributed by atoms with Crippen LogP contribution in [-0.2, 0) is 4.79 Å². The fourth-order valence-electron chi connectivity index (χ4n) is 2.40. The van der Waals surface area contributed by atoms with Crippen molar-refractivity contribution in [3.63, 3.8) is 0 Å². The van der Waals surface area contributed by atoms with E-state index < -0.39 is 24.3 Å². The van der Waals surface area contributed by atoms with Gasteiger partial charge in [0.05, 0.1) is 18.3 Å². The van der Waals surface area contributed by atoms with Gasteiger partial charge in [-0.05, 0) is 25.7 Å². The molecule has 0 heterocycles. The molecule has 0 saturated heterocycles. The van der Waals surface area contributed by atoms with Gasteiger partial charge in [0.2, 0.25) is 0 Å². The highest BCUT2D eigenvalue weighted by Crippen LogP contribution is 2.12. The first-order valence-corrected chi connectivity index (χ1v) is 8.91. The van der Waals surface area contributed by atoms with Crippen LogP contribution in [-0.4, -0.2) is 44.7 Å². The van der Waals surface area contributed by atoms with Crippen molar-refractivity contribution in [2.45, 2.75) is 95.9 Å². The molecule has 0 aromatic heterocycles. The third kappa shape index (κ3) is 14.4. The van der Waals surface area contributed by atoms with Crippen molar-refractivity contribution < 1.29 is 25.2 Å². The van der Waals surface area contributed by atoms with E-state index in [1.54, 1.807) is 0 Å². The zero-order valence-electron chi connectivity index (χ0n) is 14.4. The fourth-order valence-corrected chi connectivity index (χ4v) is 2.40. The molecular weight excluding hydrogens is 296 g/mol. The standard InChI is InChI=1S/C18H34O5/c1-2-3-4-5-6-7-11-16(20)17(21)14-13-15(19)10-8-9-12-18(22)23/h13-17,19-21H,2-12H2,1H3,(H,22,23)/b14-13+/t15?,16-,17+/m0/s1.